The summed E-state index contributed by atoms with van der Waals surface area (Å²) in [6.45, 7) is 1.59. The van der Waals surface area contributed by atoms with Crippen molar-refractivity contribution in [1.82, 2.24) is 19.9 Å². The molecule has 0 aliphatic rings. The molecule has 2 N–H and O–H groups in total. The van der Waals surface area contributed by atoms with Crippen LogP contribution < -0.4 is 10.6 Å². The van der Waals surface area contributed by atoms with E-state index in [0.29, 0.717) is 11.8 Å². The molecular formula is C19H21FN6. The lowest BCUT2D eigenvalue weighted by Crippen LogP contribution is -2.21. The van der Waals surface area contributed by atoms with Gasteiger partial charge in [-0.25, -0.2) is 9.37 Å². The van der Waals surface area contributed by atoms with E-state index in [2.05, 4.69) is 30.5 Å². The quantitative estimate of drug-likeness (QED) is 0.679. The van der Waals surface area contributed by atoms with Gasteiger partial charge in [0.15, 0.2) is 0 Å². The molecule has 2 heterocycles. The molecule has 0 aliphatic heterocycles. The minimum absolute atomic E-state index is 0.276. The van der Waals surface area contributed by atoms with Gasteiger partial charge in [0.05, 0.1) is 5.69 Å². The number of likely N-dealkylation sites (N-methyl/N-ethyl adjacent to an activating group) is 1. The average Bonchev–Trinajstić information content (AvgIpc) is 2.64. The Balaban J connectivity index is 1.87. The number of halogens is 1. The topological polar surface area (TPSA) is 66.0 Å². The Morgan fingerprint density at radius 3 is 2.42 bits per heavy atom. The molecule has 7 heteroatoms. The minimum Gasteiger partial charge on any atom is -0.353 e. The highest BCUT2D eigenvalue weighted by molar-refractivity contribution is 5.67. The molecule has 0 aliphatic carbocycles. The molecule has 3 aromatic rings. The fourth-order valence-corrected chi connectivity index (χ4v) is 2.33. The molecule has 26 heavy (non-hydrogen) atoms. The van der Waals surface area contributed by atoms with Crippen molar-refractivity contribution in [3.05, 3.63) is 60.7 Å². The number of aromatic nitrogens is 3. The van der Waals surface area contributed by atoms with E-state index >= 15 is 0 Å². The highest BCUT2D eigenvalue weighted by Crippen LogP contribution is 2.23. The maximum absolute atomic E-state index is 13.1. The predicted molar refractivity (Wildman–Crippen MR) is 102 cm³/mol. The molecule has 0 radical (unpaired) electrons. The van der Waals surface area contributed by atoms with E-state index in [9.17, 15) is 4.39 Å². The van der Waals surface area contributed by atoms with Gasteiger partial charge >= 0.3 is 0 Å². The van der Waals surface area contributed by atoms with Crippen LogP contribution in [0, 0.1) is 5.82 Å². The monoisotopic (exact) mass is 352 g/mol. The molecular weight excluding hydrogens is 331 g/mol. The van der Waals surface area contributed by atoms with E-state index in [0.717, 1.165) is 30.0 Å². The van der Waals surface area contributed by atoms with Gasteiger partial charge in [-0.05, 0) is 50.5 Å². The van der Waals surface area contributed by atoms with E-state index in [1.165, 1.54) is 12.1 Å². The Labute approximate surface area is 152 Å². The summed E-state index contributed by atoms with van der Waals surface area (Å²) in [5, 5.41) is 6.44. The van der Waals surface area contributed by atoms with Crippen LogP contribution >= 0.6 is 0 Å². The average molecular weight is 352 g/mol. The van der Waals surface area contributed by atoms with Crippen LogP contribution in [0.5, 0.6) is 0 Å². The normalized spacial score (nSPS) is 10.8. The zero-order valence-electron chi connectivity index (χ0n) is 14.8. The predicted octanol–water partition coefficient (Wildman–Crippen LogP) is 3.39. The van der Waals surface area contributed by atoms with Crippen molar-refractivity contribution in [3.8, 4) is 11.3 Å². The molecule has 2 aromatic heterocycles. The molecule has 0 atom stereocenters. The van der Waals surface area contributed by atoms with Gasteiger partial charge in [0.25, 0.3) is 0 Å². The van der Waals surface area contributed by atoms with Gasteiger partial charge in [-0.3, -0.25) is 4.98 Å². The zero-order chi connectivity index (χ0) is 18.4. The van der Waals surface area contributed by atoms with Crippen LogP contribution in [0.15, 0.2) is 54.9 Å². The van der Waals surface area contributed by atoms with Crippen molar-refractivity contribution in [2.45, 2.75) is 0 Å². The minimum atomic E-state index is -0.276. The highest BCUT2D eigenvalue weighted by Gasteiger charge is 2.07. The van der Waals surface area contributed by atoms with Crippen molar-refractivity contribution in [2.24, 2.45) is 0 Å². The first-order valence-electron chi connectivity index (χ1n) is 8.31. The third-order valence-electron chi connectivity index (χ3n) is 3.66. The first-order chi connectivity index (χ1) is 12.6. The second-order valence-electron chi connectivity index (χ2n) is 6.06. The van der Waals surface area contributed by atoms with Crippen LogP contribution in [0.2, 0.25) is 0 Å². The lowest BCUT2D eigenvalue weighted by molar-refractivity contribution is 0.425. The molecule has 0 amide bonds. The maximum Gasteiger partial charge on any atom is 0.225 e. The SMILES string of the molecule is CN(C)CCNc1nc(Nc2ccc(F)cc2)cc(-c2ccncc2)n1. The molecule has 0 spiro atoms. The van der Waals surface area contributed by atoms with Gasteiger partial charge in [0.2, 0.25) is 5.95 Å². The molecule has 0 saturated heterocycles. The summed E-state index contributed by atoms with van der Waals surface area (Å²) in [6.07, 6.45) is 3.45. The molecule has 3 rings (SSSR count). The summed E-state index contributed by atoms with van der Waals surface area (Å²) in [7, 11) is 4.02. The van der Waals surface area contributed by atoms with E-state index in [1.54, 1.807) is 24.5 Å². The number of rotatable bonds is 7. The van der Waals surface area contributed by atoms with Gasteiger partial charge in [-0.15, -0.1) is 0 Å². The summed E-state index contributed by atoms with van der Waals surface area (Å²) in [6, 6.07) is 11.8. The van der Waals surface area contributed by atoms with E-state index < -0.39 is 0 Å². The van der Waals surface area contributed by atoms with E-state index in [1.807, 2.05) is 32.3 Å². The Bertz CT molecular complexity index is 836. The summed E-state index contributed by atoms with van der Waals surface area (Å²) in [4.78, 5) is 15.2. The number of nitrogens with zero attached hydrogens (tertiary/aromatic N) is 4. The van der Waals surface area contributed by atoms with Crippen molar-refractivity contribution >= 4 is 17.5 Å². The Kier molecular flexibility index (Phi) is 5.70. The number of hydrogen-bond acceptors (Lipinski definition) is 6. The second kappa shape index (κ2) is 8.35. The van der Waals surface area contributed by atoms with Crippen LogP contribution in [-0.4, -0.2) is 47.0 Å². The number of nitrogens with one attached hydrogen (secondary N) is 2. The first kappa shape index (κ1) is 17.8. The fourth-order valence-electron chi connectivity index (χ4n) is 2.33. The van der Waals surface area contributed by atoms with Gasteiger partial charge in [-0.1, -0.05) is 0 Å². The molecule has 6 nitrogen and oxygen atoms in total. The highest BCUT2D eigenvalue weighted by atomic mass is 19.1. The van der Waals surface area contributed by atoms with Crippen molar-refractivity contribution in [2.75, 3.05) is 37.8 Å². The van der Waals surface area contributed by atoms with Crippen LogP contribution in [0.4, 0.5) is 21.8 Å². The van der Waals surface area contributed by atoms with Crippen molar-refractivity contribution in [3.63, 3.8) is 0 Å². The third-order valence-corrected chi connectivity index (χ3v) is 3.66. The third kappa shape index (κ3) is 4.97. The van der Waals surface area contributed by atoms with Gasteiger partial charge in [-0.2, -0.15) is 4.98 Å². The van der Waals surface area contributed by atoms with Gasteiger partial charge in [0, 0.05) is 42.8 Å². The number of hydrogen-bond donors (Lipinski definition) is 2. The Morgan fingerprint density at radius 1 is 1.00 bits per heavy atom. The fraction of sp³-hybridized carbons (Fsp3) is 0.211. The maximum atomic E-state index is 13.1. The van der Waals surface area contributed by atoms with E-state index in [4.69, 9.17) is 0 Å². The zero-order valence-corrected chi connectivity index (χ0v) is 14.8. The molecule has 134 valence electrons. The second-order valence-corrected chi connectivity index (χ2v) is 6.06. The lowest BCUT2D eigenvalue weighted by atomic mass is 10.2. The Morgan fingerprint density at radius 2 is 1.73 bits per heavy atom. The lowest BCUT2D eigenvalue weighted by Gasteiger charge is -2.13. The molecule has 1 aromatic carbocycles. The Hall–Kier alpha value is -3.06. The molecule has 0 saturated carbocycles. The smallest absolute Gasteiger partial charge is 0.225 e. The summed E-state index contributed by atoms with van der Waals surface area (Å²) >= 11 is 0. The summed E-state index contributed by atoms with van der Waals surface area (Å²) in [5.41, 5.74) is 2.48. The van der Waals surface area contributed by atoms with Crippen molar-refractivity contribution in [1.29, 1.82) is 0 Å². The number of anilines is 3. The van der Waals surface area contributed by atoms with Crippen LogP contribution in [-0.2, 0) is 0 Å². The largest absolute Gasteiger partial charge is 0.353 e. The van der Waals surface area contributed by atoms with Crippen LogP contribution in [0.1, 0.15) is 0 Å². The summed E-state index contributed by atoms with van der Waals surface area (Å²) < 4.78 is 13.1. The molecule has 0 unspecified atom stereocenters. The van der Waals surface area contributed by atoms with Crippen molar-refractivity contribution < 1.29 is 4.39 Å². The van der Waals surface area contributed by atoms with Gasteiger partial charge < -0.3 is 15.5 Å². The summed E-state index contributed by atoms with van der Waals surface area (Å²) in [5.74, 6) is 0.887. The standard InChI is InChI=1S/C19H21FN6/c1-26(2)12-11-22-19-24-17(14-7-9-21-10-8-14)13-18(25-19)23-16-5-3-15(20)4-6-16/h3-10,13H,11-12H2,1-2H3,(H2,22,23,24,25). The molecule has 0 bridgehead atoms. The van der Waals surface area contributed by atoms with Crippen LogP contribution in [0.3, 0.4) is 0 Å². The van der Waals surface area contributed by atoms with Gasteiger partial charge in [0.1, 0.15) is 11.6 Å². The van der Waals surface area contributed by atoms with Crippen LogP contribution in [0.25, 0.3) is 11.3 Å². The number of benzene rings is 1. The first-order valence-corrected chi connectivity index (χ1v) is 8.31. The van der Waals surface area contributed by atoms with E-state index in [-0.39, 0.29) is 5.82 Å². The number of pyridine rings is 1. The molecule has 0 fully saturated rings.